The third-order valence-corrected chi connectivity index (χ3v) is 7.22. The first-order valence-corrected chi connectivity index (χ1v) is 11.5. The summed E-state index contributed by atoms with van der Waals surface area (Å²) < 4.78 is 12.1. The van der Waals surface area contributed by atoms with Gasteiger partial charge in [0.2, 0.25) is 0 Å². The van der Waals surface area contributed by atoms with Crippen molar-refractivity contribution >= 4 is 16.8 Å². The zero-order valence-electron chi connectivity index (χ0n) is 15.7. The van der Waals surface area contributed by atoms with Gasteiger partial charge in [0.15, 0.2) is 5.96 Å². The van der Waals surface area contributed by atoms with Crippen LogP contribution in [0.1, 0.15) is 78.1 Å². The lowest BCUT2D eigenvalue weighted by molar-refractivity contribution is 0.413. The Bertz CT molecular complexity index is 407. The molecule has 2 fully saturated rings. The normalized spacial score (nSPS) is 27.2. The third-order valence-electron chi connectivity index (χ3n) is 5.48. The fourth-order valence-corrected chi connectivity index (χ4v) is 5.48. The minimum atomic E-state index is -0.661. The van der Waals surface area contributed by atoms with Crippen LogP contribution in [0.5, 0.6) is 0 Å². The Kier molecular flexibility index (Phi) is 9.14. The van der Waals surface area contributed by atoms with Gasteiger partial charge in [-0.05, 0) is 44.9 Å². The fraction of sp³-hybridized carbons (Fsp3) is 0.947. The van der Waals surface area contributed by atoms with Crippen molar-refractivity contribution in [3.63, 3.8) is 0 Å². The number of rotatable bonds is 8. The van der Waals surface area contributed by atoms with Crippen molar-refractivity contribution in [2.45, 2.75) is 89.3 Å². The summed E-state index contributed by atoms with van der Waals surface area (Å²) in [5.74, 6) is 2.70. The third kappa shape index (κ3) is 6.73. The first kappa shape index (κ1) is 19.7. The molecule has 0 heterocycles. The first-order valence-electron chi connectivity index (χ1n) is 10.1. The molecule has 2 rings (SSSR count). The smallest absolute Gasteiger partial charge is 0.191 e. The van der Waals surface area contributed by atoms with Crippen LogP contribution in [0.3, 0.4) is 0 Å². The molecule has 0 spiro atoms. The molecule has 0 aromatic carbocycles. The molecule has 0 aromatic rings. The van der Waals surface area contributed by atoms with Gasteiger partial charge < -0.3 is 10.6 Å². The summed E-state index contributed by atoms with van der Waals surface area (Å²) in [6.45, 7) is 5.96. The predicted octanol–water partition coefficient (Wildman–Crippen LogP) is 3.59. The Morgan fingerprint density at radius 3 is 2.62 bits per heavy atom. The number of nitrogens with one attached hydrogen (secondary N) is 2. The van der Waals surface area contributed by atoms with E-state index < -0.39 is 10.8 Å². The Morgan fingerprint density at radius 1 is 1.12 bits per heavy atom. The molecule has 4 nitrogen and oxygen atoms in total. The van der Waals surface area contributed by atoms with Crippen molar-refractivity contribution < 1.29 is 4.21 Å². The summed E-state index contributed by atoms with van der Waals surface area (Å²) >= 11 is 0. The van der Waals surface area contributed by atoms with Crippen LogP contribution >= 0.6 is 0 Å². The van der Waals surface area contributed by atoms with Crippen LogP contribution in [0, 0.1) is 5.92 Å². The van der Waals surface area contributed by atoms with Gasteiger partial charge in [-0.25, -0.2) is 0 Å². The van der Waals surface area contributed by atoms with Gasteiger partial charge in [0, 0.05) is 40.9 Å². The lowest BCUT2D eigenvalue weighted by atomic mass is 9.95. The minimum Gasteiger partial charge on any atom is -0.357 e. The van der Waals surface area contributed by atoms with Crippen molar-refractivity contribution in [1.82, 2.24) is 10.6 Å². The second kappa shape index (κ2) is 11.1. The van der Waals surface area contributed by atoms with E-state index >= 15 is 0 Å². The Balaban J connectivity index is 1.76. The van der Waals surface area contributed by atoms with Gasteiger partial charge in [0.05, 0.1) is 0 Å². The van der Waals surface area contributed by atoms with Crippen molar-refractivity contribution in [3.8, 4) is 0 Å². The topological polar surface area (TPSA) is 53.5 Å². The summed E-state index contributed by atoms with van der Waals surface area (Å²) in [6, 6.07) is 0.423. The maximum absolute atomic E-state index is 12.1. The number of hydrogen-bond acceptors (Lipinski definition) is 2. The molecule has 0 amide bonds. The van der Waals surface area contributed by atoms with Crippen molar-refractivity contribution in [2.24, 2.45) is 10.9 Å². The summed E-state index contributed by atoms with van der Waals surface area (Å²) in [7, 11) is -0.661. The van der Waals surface area contributed by atoms with Gasteiger partial charge in [0.25, 0.3) is 0 Å². The number of nitrogens with zero attached hydrogens (tertiary/aromatic N) is 1. The molecule has 0 saturated heterocycles. The SMILES string of the molecule is CCNC(=NCCCC1CCCC1)NC1CCCC(S(=O)CC)C1. The van der Waals surface area contributed by atoms with Gasteiger partial charge in [-0.3, -0.25) is 9.20 Å². The van der Waals surface area contributed by atoms with E-state index in [2.05, 4.69) is 17.6 Å². The molecule has 0 radical (unpaired) electrons. The quantitative estimate of drug-likeness (QED) is 0.397. The Morgan fingerprint density at radius 2 is 1.92 bits per heavy atom. The molecule has 0 aliphatic heterocycles. The maximum atomic E-state index is 12.1. The van der Waals surface area contributed by atoms with E-state index in [9.17, 15) is 4.21 Å². The van der Waals surface area contributed by atoms with E-state index in [1.165, 1.54) is 51.4 Å². The first-order chi connectivity index (χ1) is 11.7. The molecule has 3 atom stereocenters. The number of guanidine groups is 1. The lowest BCUT2D eigenvalue weighted by Gasteiger charge is -2.30. The monoisotopic (exact) mass is 355 g/mol. The molecule has 2 aliphatic rings. The molecular formula is C19H37N3OS. The average molecular weight is 356 g/mol. The van der Waals surface area contributed by atoms with Crippen molar-refractivity contribution in [1.29, 1.82) is 0 Å². The molecule has 0 bridgehead atoms. The molecule has 140 valence electrons. The fourth-order valence-electron chi connectivity index (χ4n) is 4.13. The van der Waals surface area contributed by atoms with E-state index in [0.717, 1.165) is 43.6 Å². The summed E-state index contributed by atoms with van der Waals surface area (Å²) in [5.41, 5.74) is 0. The molecule has 2 aliphatic carbocycles. The highest BCUT2D eigenvalue weighted by atomic mass is 32.2. The van der Waals surface area contributed by atoms with E-state index in [1.54, 1.807) is 0 Å². The predicted molar refractivity (Wildman–Crippen MR) is 105 cm³/mol. The largest absolute Gasteiger partial charge is 0.357 e. The molecular weight excluding hydrogens is 318 g/mol. The zero-order valence-corrected chi connectivity index (χ0v) is 16.5. The van der Waals surface area contributed by atoms with Crippen LogP contribution in [0.2, 0.25) is 0 Å². The molecule has 0 aromatic heterocycles. The van der Waals surface area contributed by atoms with E-state index in [-0.39, 0.29) is 0 Å². The summed E-state index contributed by atoms with van der Waals surface area (Å²) in [4.78, 5) is 4.78. The summed E-state index contributed by atoms with van der Waals surface area (Å²) in [5, 5.41) is 7.35. The van der Waals surface area contributed by atoms with Gasteiger partial charge in [0.1, 0.15) is 0 Å². The van der Waals surface area contributed by atoms with Gasteiger partial charge >= 0.3 is 0 Å². The van der Waals surface area contributed by atoms with Crippen LogP contribution in [0.25, 0.3) is 0 Å². The number of hydrogen-bond donors (Lipinski definition) is 2. The minimum absolute atomic E-state index is 0.367. The molecule has 2 saturated carbocycles. The Hall–Kier alpha value is -0.580. The highest BCUT2D eigenvalue weighted by Gasteiger charge is 2.26. The van der Waals surface area contributed by atoms with Gasteiger partial charge in [-0.2, -0.15) is 0 Å². The van der Waals surface area contributed by atoms with Crippen molar-refractivity contribution in [2.75, 3.05) is 18.8 Å². The molecule has 24 heavy (non-hydrogen) atoms. The maximum Gasteiger partial charge on any atom is 0.191 e. The average Bonchev–Trinajstić information content (AvgIpc) is 3.12. The van der Waals surface area contributed by atoms with Crippen LogP contribution in [0.4, 0.5) is 0 Å². The second-order valence-electron chi connectivity index (χ2n) is 7.35. The zero-order chi connectivity index (χ0) is 17.2. The summed E-state index contributed by atoms with van der Waals surface area (Å²) in [6.07, 6.45) is 12.7. The van der Waals surface area contributed by atoms with Gasteiger partial charge in [-0.15, -0.1) is 0 Å². The lowest BCUT2D eigenvalue weighted by Crippen LogP contribution is -2.46. The highest BCUT2D eigenvalue weighted by Crippen LogP contribution is 2.28. The highest BCUT2D eigenvalue weighted by molar-refractivity contribution is 7.85. The van der Waals surface area contributed by atoms with Crippen LogP contribution in [-0.4, -0.2) is 40.3 Å². The standard InChI is InChI=1S/C19H37N3OS/c1-3-20-19(21-14-8-11-16-9-5-6-10-16)22-17-12-7-13-18(15-17)24(23)4-2/h16-18H,3-15H2,1-2H3,(H2,20,21,22). The van der Waals surface area contributed by atoms with E-state index in [1.807, 2.05) is 6.92 Å². The van der Waals surface area contributed by atoms with Crippen LogP contribution < -0.4 is 10.6 Å². The van der Waals surface area contributed by atoms with Crippen LogP contribution in [0.15, 0.2) is 4.99 Å². The molecule has 3 unspecified atom stereocenters. The van der Waals surface area contributed by atoms with Gasteiger partial charge in [-0.1, -0.05) is 39.0 Å². The van der Waals surface area contributed by atoms with E-state index in [0.29, 0.717) is 11.3 Å². The van der Waals surface area contributed by atoms with Crippen LogP contribution in [-0.2, 0) is 10.8 Å². The van der Waals surface area contributed by atoms with Crippen molar-refractivity contribution in [3.05, 3.63) is 0 Å². The molecule has 2 N–H and O–H groups in total. The Labute approximate surface area is 151 Å². The number of aliphatic imine (C=N–C) groups is 1. The van der Waals surface area contributed by atoms with E-state index in [4.69, 9.17) is 4.99 Å². The molecule has 5 heteroatoms. The second-order valence-corrected chi connectivity index (χ2v) is 9.36.